The summed E-state index contributed by atoms with van der Waals surface area (Å²) in [6, 6.07) is 6.82. The molecule has 1 aromatic rings. The molecule has 3 N–H and O–H groups in total. The van der Waals surface area contributed by atoms with E-state index in [-0.39, 0.29) is 0 Å². The molecule has 1 heterocycles. The average Bonchev–Trinajstić information content (AvgIpc) is 2.94. The van der Waals surface area contributed by atoms with E-state index in [9.17, 15) is 14.4 Å². The molecule has 0 radical (unpaired) electrons. The quantitative estimate of drug-likeness (QED) is 0.398. The highest BCUT2D eigenvalue weighted by Gasteiger charge is 2.55. The molecule has 7 heteroatoms. The van der Waals surface area contributed by atoms with Crippen molar-refractivity contribution in [2.24, 2.45) is 0 Å². The number of nitrogens with one attached hydrogen (secondary N) is 2. The zero-order chi connectivity index (χ0) is 14.3. The molecule has 1 aromatic carbocycles. The van der Waals surface area contributed by atoms with Gasteiger partial charge in [0.05, 0.1) is 0 Å². The number of carbonyl (C=O) groups is 3. The van der Waals surface area contributed by atoms with Gasteiger partial charge in [0.1, 0.15) is 12.1 Å². The molecule has 1 aliphatic carbocycles. The Kier molecular flexibility index (Phi) is 2.72. The van der Waals surface area contributed by atoms with Crippen LogP contribution in [0.1, 0.15) is 17.5 Å². The van der Waals surface area contributed by atoms with Crippen LogP contribution in [0.3, 0.4) is 0 Å². The van der Waals surface area contributed by atoms with Crippen molar-refractivity contribution in [2.45, 2.75) is 18.4 Å². The lowest BCUT2D eigenvalue weighted by Crippen LogP contribution is -2.43. The number of rotatable bonds is 2. The SMILES string of the molecule is O=C(CN1C(=O)NC2(CCc3ccccc32)C1=O)NO. The second kappa shape index (κ2) is 4.31. The van der Waals surface area contributed by atoms with Gasteiger partial charge < -0.3 is 5.32 Å². The zero-order valence-corrected chi connectivity index (χ0v) is 10.5. The summed E-state index contributed by atoms with van der Waals surface area (Å²) in [6.07, 6.45) is 1.18. The molecule has 7 nitrogen and oxygen atoms in total. The molecule has 20 heavy (non-hydrogen) atoms. The Bertz CT molecular complexity index is 615. The number of fused-ring (bicyclic) bond motifs is 2. The number of hydroxylamine groups is 1. The lowest BCUT2D eigenvalue weighted by Gasteiger charge is -2.22. The lowest BCUT2D eigenvalue weighted by atomic mass is 9.92. The number of benzene rings is 1. The highest BCUT2D eigenvalue weighted by Crippen LogP contribution is 2.41. The van der Waals surface area contributed by atoms with Gasteiger partial charge in [0.2, 0.25) is 0 Å². The molecular formula is C13H13N3O4. The predicted molar refractivity (Wildman–Crippen MR) is 66.6 cm³/mol. The third kappa shape index (κ3) is 1.60. The first-order valence-electron chi connectivity index (χ1n) is 6.24. The lowest BCUT2D eigenvalue weighted by molar-refractivity contribution is -0.138. The molecule has 1 unspecified atom stereocenters. The van der Waals surface area contributed by atoms with Crippen molar-refractivity contribution in [1.29, 1.82) is 0 Å². The van der Waals surface area contributed by atoms with E-state index in [2.05, 4.69) is 5.32 Å². The van der Waals surface area contributed by atoms with Crippen molar-refractivity contribution in [1.82, 2.24) is 15.7 Å². The van der Waals surface area contributed by atoms with E-state index in [0.29, 0.717) is 12.8 Å². The van der Waals surface area contributed by atoms with Gasteiger partial charge in [0.15, 0.2) is 0 Å². The van der Waals surface area contributed by atoms with Crippen LogP contribution >= 0.6 is 0 Å². The topological polar surface area (TPSA) is 98.7 Å². The minimum absolute atomic E-state index is 0.448. The Balaban J connectivity index is 1.96. The van der Waals surface area contributed by atoms with E-state index in [1.54, 1.807) is 0 Å². The highest BCUT2D eigenvalue weighted by molar-refractivity contribution is 6.09. The van der Waals surface area contributed by atoms with Crippen molar-refractivity contribution in [3.8, 4) is 0 Å². The molecule has 1 spiro atoms. The average molecular weight is 275 g/mol. The van der Waals surface area contributed by atoms with Crippen LogP contribution in [0, 0.1) is 0 Å². The number of hydrogen-bond acceptors (Lipinski definition) is 4. The monoisotopic (exact) mass is 275 g/mol. The number of aryl methyl sites for hydroxylation is 1. The normalized spacial score (nSPS) is 23.9. The second-order valence-corrected chi connectivity index (χ2v) is 4.92. The first-order valence-corrected chi connectivity index (χ1v) is 6.24. The van der Waals surface area contributed by atoms with E-state index in [1.165, 1.54) is 5.48 Å². The summed E-state index contributed by atoms with van der Waals surface area (Å²) in [6.45, 7) is -0.495. The van der Waals surface area contributed by atoms with E-state index < -0.39 is 29.9 Å². The zero-order valence-electron chi connectivity index (χ0n) is 10.5. The van der Waals surface area contributed by atoms with Crippen molar-refractivity contribution < 1.29 is 19.6 Å². The number of imide groups is 1. The van der Waals surface area contributed by atoms with Gasteiger partial charge in [-0.25, -0.2) is 10.3 Å². The molecule has 1 fully saturated rings. The predicted octanol–water partition coefficient (Wildman–Crippen LogP) is -0.115. The number of amides is 4. The molecule has 0 saturated carbocycles. The van der Waals surface area contributed by atoms with Crippen molar-refractivity contribution in [3.05, 3.63) is 35.4 Å². The molecular weight excluding hydrogens is 262 g/mol. The van der Waals surface area contributed by atoms with Crippen LogP contribution in [0.4, 0.5) is 4.79 Å². The minimum Gasteiger partial charge on any atom is -0.319 e. The molecule has 1 saturated heterocycles. The molecule has 3 rings (SSSR count). The fraction of sp³-hybridized carbons (Fsp3) is 0.308. The summed E-state index contributed by atoms with van der Waals surface area (Å²) in [5.74, 6) is -1.26. The van der Waals surface area contributed by atoms with Crippen LogP contribution in [0.25, 0.3) is 0 Å². The minimum atomic E-state index is -1.07. The summed E-state index contributed by atoms with van der Waals surface area (Å²) >= 11 is 0. The summed E-state index contributed by atoms with van der Waals surface area (Å²) < 4.78 is 0. The first-order chi connectivity index (χ1) is 9.58. The van der Waals surface area contributed by atoms with Crippen LogP contribution < -0.4 is 10.8 Å². The molecule has 0 aromatic heterocycles. The first kappa shape index (κ1) is 12.6. The fourth-order valence-electron chi connectivity index (χ4n) is 2.91. The summed E-state index contributed by atoms with van der Waals surface area (Å²) in [5.41, 5.74) is 2.16. The maximum atomic E-state index is 12.5. The standard InChI is InChI=1S/C13H13N3O4/c17-10(15-20)7-16-11(18)13(14-12(16)19)6-5-8-3-1-2-4-9(8)13/h1-4,20H,5-7H2,(H,14,19)(H,15,17). The Morgan fingerprint density at radius 1 is 1.40 bits per heavy atom. The van der Waals surface area contributed by atoms with Crippen LogP contribution in [0.5, 0.6) is 0 Å². The largest absolute Gasteiger partial charge is 0.325 e. The molecule has 1 atom stereocenters. The number of nitrogens with zero attached hydrogens (tertiary/aromatic N) is 1. The van der Waals surface area contributed by atoms with Gasteiger partial charge in [0, 0.05) is 0 Å². The van der Waals surface area contributed by atoms with Gasteiger partial charge >= 0.3 is 6.03 Å². The van der Waals surface area contributed by atoms with Gasteiger partial charge in [-0.3, -0.25) is 19.7 Å². The number of hydrogen-bond donors (Lipinski definition) is 3. The molecule has 104 valence electrons. The molecule has 0 bridgehead atoms. The van der Waals surface area contributed by atoms with Crippen LogP contribution in [-0.4, -0.2) is 34.5 Å². The molecule has 2 aliphatic rings. The van der Waals surface area contributed by atoms with E-state index in [4.69, 9.17) is 5.21 Å². The van der Waals surface area contributed by atoms with Gasteiger partial charge in [-0.05, 0) is 24.0 Å². The summed E-state index contributed by atoms with van der Waals surface area (Å²) in [5, 5.41) is 11.2. The van der Waals surface area contributed by atoms with Gasteiger partial charge in [-0.2, -0.15) is 0 Å². The second-order valence-electron chi connectivity index (χ2n) is 4.92. The maximum Gasteiger partial charge on any atom is 0.325 e. The summed E-state index contributed by atoms with van der Waals surface area (Å²) in [4.78, 5) is 36.5. The Morgan fingerprint density at radius 3 is 2.90 bits per heavy atom. The van der Waals surface area contributed by atoms with Crippen LogP contribution in [0.15, 0.2) is 24.3 Å². The molecule has 4 amide bonds. The van der Waals surface area contributed by atoms with Gasteiger partial charge in [-0.1, -0.05) is 24.3 Å². The summed E-state index contributed by atoms with van der Waals surface area (Å²) in [7, 11) is 0. The third-order valence-corrected chi connectivity index (χ3v) is 3.85. The van der Waals surface area contributed by atoms with Gasteiger partial charge in [-0.15, -0.1) is 0 Å². The van der Waals surface area contributed by atoms with Crippen LogP contribution in [-0.2, 0) is 21.5 Å². The van der Waals surface area contributed by atoms with Crippen molar-refractivity contribution in [3.63, 3.8) is 0 Å². The highest BCUT2D eigenvalue weighted by atomic mass is 16.5. The smallest absolute Gasteiger partial charge is 0.319 e. The van der Waals surface area contributed by atoms with Crippen molar-refractivity contribution >= 4 is 17.8 Å². The number of urea groups is 1. The van der Waals surface area contributed by atoms with Crippen molar-refractivity contribution in [2.75, 3.05) is 6.54 Å². The van der Waals surface area contributed by atoms with E-state index in [1.807, 2.05) is 24.3 Å². The Labute approximate surface area is 114 Å². The maximum absolute atomic E-state index is 12.5. The number of carbonyl (C=O) groups excluding carboxylic acids is 3. The Morgan fingerprint density at radius 2 is 2.15 bits per heavy atom. The fourth-order valence-corrected chi connectivity index (χ4v) is 2.91. The van der Waals surface area contributed by atoms with E-state index >= 15 is 0 Å². The third-order valence-electron chi connectivity index (χ3n) is 3.85. The molecule has 1 aliphatic heterocycles. The van der Waals surface area contributed by atoms with Crippen LogP contribution in [0.2, 0.25) is 0 Å². The van der Waals surface area contributed by atoms with Gasteiger partial charge in [0.25, 0.3) is 11.8 Å². The Hall–Kier alpha value is -2.41. The van der Waals surface area contributed by atoms with E-state index in [0.717, 1.165) is 16.0 Å².